The van der Waals surface area contributed by atoms with Gasteiger partial charge in [0.15, 0.2) is 5.22 Å². The largest absolute Gasteiger partial charge is 0.498 e. The maximum absolute atomic E-state index is 8.14. The van der Waals surface area contributed by atoms with Gasteiger partial charge in [-0.2, -0.15) is 0 Å². The molecule has 0 aliphatic rings. The van der Waals surface area contributed by atoms with Gasteiger partial charge < -0.3 is 5.11 Å². The Bertz CT molecular complexity index is 58.9. The fraction of sp³-hybridized carbons (Fsp3) is 0.333. The zero-order chi connectivity index (χ0) is 5.15. The van der Waals surface area contributed by atoms with Gasteiger partial charge in [0, 0.05) is 0 Å². The van der Waals surface area contributed by atoms with E-state index in [4.69, 9.17) is 28.3 Å². The Morgan fingerprint density at radius 3 is 1.67 bits per heavy atom. The monoisotopic (exact) mass is 126 g/mol. The SMILES string of the molecule is C/C(Cl)=C(\O)Cl. The minimum absolute atomic E-state index is 0.219. The van der Waals surface area contributed by atoms with Gasteiger partial charge in [-0.15, -0.1) is 0 Å². The highest BCUT2D eigenvalue weighted by atomic mass is 35.5. The highest BCUT2D eigenvalue weighted by Crippen LogP contribution is 2.07. The van der Waals surface area contributed by atoms with Gasteiger partial charge in [0.05, 0.1) is 5.03 Å². The molecular weight excluding hydrogens is 123 g/mol. The van der Waals surface area contributed by atoms with E-state index in [1.54, 1.807) is 0 Å². The van der Waals surface area contributed by atoms with Crippen LogP contribution in [0.5, 0.6) is 0 Å². The smallest absolute Gasteiger partial charge is 0.198 e. The molecule has 0 radical (unpaired) electrons. The fourth-order valence-electron chi connectivity index (χ4n) is 0. The minimum Gasteiger partial charge on any atom is -0.498 e. The first-order chi connectivity index (χ1) is 2.64. The molecule has 0 aliphatic carbocycles. The van der Waals surface area contributed by atoms with Crippen LogP contribution in [0.1, 0.15) is 6.92 Å². The van der Waals surface area contributed by atoms with E-state index in [1.165, 1.54) is 6.92 Å². The molecule has 6 heavy (non-hydrogen) atoms. The summed E-state index contributed by atoms with van der Waals surface area (Å²) in [6, 6.07) is 0. The second-order valence-corrected chi connectivity index (χ2v) is 1.75. The van der Waals surface area contributed by atoms with Gasteiger partial charge in [-0.3, -0.25) is 0 Å². The summed E-state index contributed by atoms with van der Waals surface area (Å²) in [5.41, 5.74) is 0. The lowest BCUT2D eigenvalue weighted by Gasteiger charge is -1.81. The van der Waals surface area contributed by atoms with Crippen LogP contribution >= 0.6 is 23.2 Å². The quantitative estimate of drug-likeness (QED) is 0.494. The van der Waals surface area contributed by atoms with Crippen molar-refractivity contribution in [3.63, 3.8) is 0 Å². The van der Waals surface area contributed by atoms with E-state index >= 15 is 0 Å². The highest BCUT2D eigenvalue weighted by Gasteiger charge is 1.85. The lowest BCUT2D eigenvalue weighted by molar-refractivity contribution is 0.449. The molecule has 0 bridgehead atoms. The molecule has 0 spiro atoms. The van der Waals surface area contributed by atoms with Crippen LogP contribution in [-0.2, 0) is 0 Å². The van der Waals surface area contributed by atoms with Crippen molar-refractivity contribution in [1.82, 2.24) is 0 Å². The second kappa shape index (κ2) is 2.32. The summed E-state index contributed by atoms with van der Waals surface area (Å²) >= 11 is 10.0. The van der Waals surface area contributed by atoms with Gasteiger partial charge in [0.1, 0.15) is 0 Å². The van der Waals surface area contributed by atoms with E-state index in [2.05, 4.69) is 0 Å². The molecule has 0 saturated carbocycles. The zero-order valence-corrected chi connectivity index (χ0v) is 4.72. The highest BCUT2D eigenvalue weighted by molar-refractivity contribution is 6.37. The van der Waals surface area contributed by atoms with Crippen molar-refractivity contribution in [1.29, 1.82) is 0 Å². The van der Waals surface area contributed by atoms with E-state index in [9.17, 15) is 0 Å². The third kappa shape index (κ3) is 2.36. The maximum atomic E-state index is 8.14. The molecule has 0 aromatic rings. The summed E-state index contributed by atoms with van der Waals surface area (Å²) < 4.78 is 0. The molecule has 1 N–H and O–H groups in total. The average molecular weight is 127 g/mol. The fourth-order valence-corrected chi connectivity index (χ4v) is 0. The van der Waals surface area contributed by atoms with Crippen LogP contribution < -0.4 is 0 Å². The van der Waals surface area contributed by atoms with E-state index in [-0.39, 0.29) is 10.3 Å². The second-order valence-electron chi connectivity index (χ2n) is 0.824. The van der Waals surface area contributed by atoms with Crippen molar-refractivity contribution in [2.75, 3.05) is 0 Å². The molecule has 0 saturated heterocycles. The molecule has 1 nitrogen and oxygen atoms in total. The van der Waals surface area contributed by atoms with E-state index in [1.807, 2.05) is 0 Å². The van der Waals surface area contributed by atoms with Crippen molar-refractivity contribution < 1.29 is 5.11 Å². The topological polar surface area (TPSA) is 20.2 Å². The normalized spacial score (nSPS) is 13.8. The lowest BCUT2D eigenvalue weighted by Crippen LogP contribution is -1.64. The van der Waals surface area contributed by atoms with Gasteiger partial charge in [-0.1, -0.05) is 11.6 Å². The predicted octanol–water partition coefficient (Wildman–Crippen LogP) is 2.21. The van der Waals surface area contributed by atoms with E-state index in [0.29, 0.717) is 0 Å². The number of allylic oxidation sites excluding steroid dienone is 1. The van der Waals surface area contributed by atoms with Crippen LogP contribution in [0.25, 0.3) is 0 Å². The van der Waals surface area contributed by atoms with Crippen LogP contribution in [0.2, 0.25) is 0 Å². The van der Waals surface area contributed by atoms with Crippen molar-refractivity contribution in [2.45, 2.75) is 6.92 Å². The number of halogens is 2. The Balaban J connectivity index is 3.68. The molecule has 0 aromatic carbocycles. The number of rotatable bonds is 0. The Kier molecular flexibility index (Phi) is 2.37. The van der Waals surface area contributed by atoms with Crippen LogP contribution in [0, 0.1) is 0 Å². The first kappa shape index (κ1) is 6.12. The molecular formula is C3H4Cl2O. The predicted molar refractivity (Wildman–Crippen MR) is 27.0 cm³/mol. The van der Waals surface area contributed by atoms with Gasteiger partial charge in [-0.25, -0.2) is 0 Å². The minimum atomic E-state index is -0.336. The van der Waals surface area contributed by atoms with Crippen molar-refractivity contribution in [2.24, 2.45) is 0 Å². The molecule has 0 fully saturated rings. The third-order valence-electron chi connectivity index (χ3n) is 0.284. The van der Waals surface area contributed by atoms with E-state index in [0.717, 1.165) is 0 Å². The molecule has 0 atom stereocenters. The van der Waals surface area contributed by atoms with Crippen molar-refractivity contribution in [3.05, 3.63) is 10.3 Å². The van der Waals surface area contributed by atoms with Gasteiger partial charge in [0.2, 0.25) is 0 Å². The molecule has 0 rings (SSSR count). The number of aliphatic hydroxyl groups is 1. The summed E-state index contributed by atoms with van der Waals surface area (Å²) in [4.78, 5) is 0. The van der Waals surface area contributed by atoms with Gasteiger partial charge >= 0.3 is 0 Å². The molecule has 0 amide bonds. The van der Waals surface area contributed by atoms with Gasteiger partial charge in [-0.05, 0) is 18.5 Å². The van der Waals surface area contributed by atoms with Gasteiger partial charge in [0.25, 0.3) is 0 Å². The first-order valence-electron chi connectivity index (χ1n) is 1.35. The van der Waals surface area contributed by atoms with Crippen molar-refractivity contribution >= 4 is 23.2 Å². The molecule has 0 aliphatic heterocycles. The molecule has 0 heterocycles. The molecule has 0 unspecified atom stereocenters. The zero-order valence-electron chi connectivity index (χ0n) is 3.20. The average Bonchev–Trinajstić information content (AvgIpc) is 1.36. The number of aliphatic hydroxyl groups excluding tert-OH is 1. The van der Waals surface area contributed by atoms with Crippen LogP contribution in [0.4, 0.5) is 0 Å². The van der Waals surface area contributed by atoms with Crippen molar-refractivity contribution in [3.8, 4) is 0 Å². The number of hydrogen-bond donors (Lipinski definition) is 1. The summed E-state index contributed by atoms with van der Waals surface area (Å²) in [6.07, 6.45) is 0. The molecule has 0 aromatic heterocycles. The Labute approximate surface area is 46.2 Å². The van der Waals surface area contributed by atoms with Crippen LogP contribution in [0.15, 0.2) is 10.3 Å². The molecule has 36 valence electrons. The standard InChI is InChI=1S/C3H4Cl2O/c1-2(4)3(5)6/h6H,1H3/b3-2+. The summed E-state index contributed by atoms with van der Waals surface area (Å²) in [7, 11) is 0. The lowest BCUT2D eigenvalue weighted by atomic mass is 10.7. The Hall–Kier alpha value is 0.120. The third-order valence-corrected chi connectivity index (χ3v) is 0.843. The Morgan fingerprint density at radius 2 is 1.67 bits per heavy atom. The summed E-state index contributed by atoms with van der Waals surface area (Å²) in [6.45, 7) is 1.50. The van der Waals surface area contributed by atoms with E-state index < -0.39 is 0 Å². The molecule has 3 heteroatoms. The maximum Gasteiger partial charge on any atom is 0.198 e. The first-order valence-corrected chi connectivity index (χ1v) is 2.11. The number of hydrogen-bond acceptors (Lipinski definition) is 1. The van der Waals surface area contributed by atoms with Crippen LogP contribution in [0.3, 0.4) is 0 Å². The Morgan fingerprint density at radius 1 is 1.50 bits per heavy atom. The van der Waals surface area contributed by atoms with Crippen LogP contribution in [-0.4, -0.2) is 5.11 Å². The summed E-state index contributed by atoms with van der Waals surface area (Å²) in [5, 5.41) is 8.03. The summed E-state index contributed by atoms with van der Waals surface area (Å²) in [5.74, 6) is 0.